The van der Waals surface area contributed by atoms with Gasteiger partial charge in [-0.05, 0) is 57.7 Å². The van der Waals surface area contributed by atoms with Crippen molar-refractivity contribution in [3.05, 3.63) is 21.4 Å². The average Bonchev–Trinajstić information content (AvgIpc) is 3.06. The van der Waals surface area contributed by atoms with Crippen LogP contribution in [0.25, 0.3) is 0 Å². The number of thiophene rings is 1. The molecule has 1 aliphatic heterocycles. The summed E-state index contributed by atoms with van der Waals surface area (Å²) in [6, 6.07) is 2.69. The van der Waals surface area contributed by atoms with Crippen LogP contribution < -0.4 is 5.32 Å². The van der Waals surface area contributed by atoms with Crippen molar-refractivity contribution in [2.24, 2.45) is 0 Å². The number of carbonyl (C=O) groups is 1. The van der Waals surface area contributed by atoms with Gasteiger partial charge < -0.3 is 10.2 Å². The van der Waals surface area contributed by atoms with Crippen LogP contribution in [-0.2, 0) is 11.2 Å². The first-order chi connectivity index (χ1) is 10.1. The topological polar surface area (TPSA) is 32.3 Å². The molecule has 1 saturated heterocycles. The third kappa shape index (κ3) is 5.25. The van der Waals surface area contributed by atoms with Crippen molar-refractivity contribution < 1.29 is 4.79 Å². The van der Waals surface area contributed by atoms with Gasteiger partial charge in [-0.1, -0.05) is 6.92 Å². The summed E-state index contributed by atoms with van der Waals surface area (Å²) in [4.78, 5) is 17.4. The second kappa shape index (κ2) is 9.53. The fourth-order valence-corrected chi connectivity index (χ4v) is 4.14. The first-order valence-corrected chi connectivity index (χ1v) is 8.99. The van der Waals surface area contributed by atoms with Gasteiger partial charge in [0.1, 0.15) is 0 Å². The minimum atomic E-state index is 0. The Hall–Kier alpha value is -0.580. The SMILES string of the molecule is CCCN(C(=O)CCCc1cc(C)sc1C)C1CCNC1.Cl. The van der Waals surface area contributed by atoms with E-state index in [4.69, 9.17) is 0 Å². The first-order valence-electron chi connectivity index (χ1n) is 8.18. The second-order valence-electron chi connectivity index (χ2n) is 6.03. The van der Waals surface area contributed by atoms with Crippen LogP contribution >= 0.6 is 23.7 Å². The van der Waals surface area contributed by atoms with Crippen LogP contribution in [0.3, 0.4) is 0 Å². The Bertz CT molecular complexity index is 469. The molecule has 2 heterocycles. The molecule has 1 atom stereocenters. The Labute approximate surface area is 144 Å². The van der Waals surface area contributed by atoms with Crippen molar-refractivity contribution in [3.8, 4) is 0 Å². The summed E-state index contributed by atoms with van der Waals surface area (Å²) in [6.45, 7) is 9.41. The molecule has 3 nitrogen and oxygen atoms in total. The van der Waals surface area contributed by atoms with Crippen LogP contribution in [0.15, 0.2) is 6.07 Å². The lowest BCUT2D eigenvalue weighted by atomic mass is 10.1. The lowest BCUT2D eigenvalue weighted by Gasteiger charge is -2.28. The van der Waals surface area contributed by atoms with Crippen molar-refractivity contribution in [2.75, 3.05) is 19.6 Å². The Morgan fingerprint density at radius 3 is 2.77 bits per heavy atom. The van der Waals surface area contributed by atoms with Crippen molar-refractivity contribution >= 4 is 29.7 Å². The fourth-order valence-electron chi connectivity index (χ4n) is 3.16. The van der Waals surface area contributed by atoms with E-state index >= 15 is 0 Å². The molecule has 1 fully saturated rings. The van der Waals surface area contributed by atoms with E-state index in [1.54, 1.807) is 0 Å². The van der Waals surface area contributed by atoms with E-state index in [9.17, 15) is 4.79 Å². The summed E-state index contributed by atoms with van der Waals surface area (Å²) in [7, 11) is 0. The number of hydrogen-bond acceptors (Lipinski definition) is 3. The molecule has 1 amide bonds. The number of aryl methyl sites for hydroxylation is 3. The predicted molar refractivity (Wildman–Crippen MR) is 97.3 cm³/mol. The summed E-state index contributed by atoms with van der Waals surface area (Å²) >= 11 is 1.86. The van der Waals surface area contributed by atoms with Gasteiger partial charge in [0, 0.05) is 35.3 Å². The van der Waals surface area contributed by atoms with Crippen molar-refractivity contribution in [1.82, 2.24) is 10.2 Å². The molecule has 5 heteroatoms. The van der Waals surface area contributed by atoms with E-state index in [0.717, 1.165) is 45.3 Å². The van der Waals surface area contributed by atoms with E-state index in [1.807, 2.05) is 11.3 Å². The molecular weight excluding hydrogens is 316 g/mol. The fraction of sp³-hybridized carbons (Fsp3) is 0.706. The predicted octanol–water partition coefficient (Wildman–Crippen LogP) is 3.71. The Morgan fingerprint density at radius 1 is 1.45 bits per heavy atom. The van der Waals surface area contributed by atoms with Crippen LogP contribution in [0.5, 0.6) is 0 Å². The van der Waals surface area contributed by atoms with Crippen LogP contribution in [0.2, 0.25) is 0 Å². The van der Waals surface area contributed by atoms with Gasteiger partial charge in [-0.3, -0.25) is 4.79 Å². The van der Waals surface area contributed by atoms with E-state index in [1.165, 1.54) is 15.3 Å². The first kappa shape index (κ1) is 19.5. The van der Waals surface area contributed by atoms with Crippen molar-refractivity contribution in [3.63, 3.8) is 0 Å². The number of halogens is 1. The minimum Gasteiger partial charge on any atom is -0.338 e. The van der Waals surface area contributed by atoms with Crippen LogP contribution in [0.1, 0.15) is 47.9 Å². The Balaban J connectivity index is 0.00000242. The highest BCUT2D eigenvalue weighted by atomic mass is 35.5. The molecular formula is C17H29ClN2OS. The van der Waals surface area contributed by atoms with Gasteiger partial charge in [0.25, 0.3) is 0 Å². The van der Waals surface area contributed by atoms with Gasteiger partial charge in [-0.15, -0.1) is 23.7 Å². The molecule has 1 aromatic rings. The molecule has 0 spiro atoms. The normalized spacial score (nSPS) is 17.3. The second-order valence-corrected chi connectivity index (χ2v) is 7.49. The summed E-state index contributed by atoms with van der Waals surface area (Å²) < 4.78 is 0. The number of hydrogen-bond donors (Lipinski definition) is 1. The number of carbonyl (C=O) groups excluding carboxylic acids is 1. The van der Waals surface area contributed by atoms with E-state index in [2.05, 4.69) is 37.1 Å². The maximum atomic E-state index is 12.5. The summed E-state index contributed by atoms with van der Waals surface area (Å²) in [5, 5.41) is 3.37. The molecule has 0 aromatic carbocycles. The van der Waals surface area contributed by atoms with Crippen LogP contribution in [-0.4, -0.2) is 36.5 Å². The quantitative estimate of drug-likeness (QED) is 0.817. The van der Waals surface area contributed by atoms with Gasteiger partial charge in [-0.2, -0.15) is 0 Å². The van der Waals surface area contributed by atoms with Gasteiger partial charge in [-0.25, -0.2) is 0 Å². The zero-order valence-electron chi connectivity index (χ0n) is 14.0. The largest absolute Gasteiger partial charge is 0.338 e. The van der Waals surface area contributed by atoms with Gasteiger partial charge in [0.2, 0.25) is 5.91 Å². The average molecular weight is 345 g/mol. The highest BCUT2D eigenvalue weighted by Gasteiger charge is 2.25. The highest BCUT2D eigenvalue weighted by molar-refractivity contribution is 7.12. The van der Waals surface area contributed by atoms with Gasteiger partial charge in [0.15, 0.2) is 0 Å². The van der Waals surface area contributed by atoms with Gasteiger partial charge in [0.05, 0.1) is 0 Å². The molecule has 0 bridgehead atoms. The van der Waals surface area contributed by atoms with Crippen molar-refractivity contribution in [1.29, 1.82) is 0 Å². The zero-order valence-corrected chi connectivity index (χ0v) is 15.6. The number of nitrogens with one attached hydrogen (secondary N) is 1. The van der Waals surface area contributed by atoms with Crippen LogP contribution in [0, 0.1) is 13.8 Å². The van der Waals surface area contributed by atoms with Crippen molar-refractivity contribution in [2.45, 2.75) is 58.9 Å². The number of rotatable bonds is 7. The maximum absolute atomic E-state index is 12.5. The monoisotopic (exact) mass is 344 g/mol. The Morgan fingerprint density at radius 2 is 2.23 bits per heavy atom. The molecule has 0 saturated carbocycles. The minimum absolute atomic E-state index is 0. The zero-order chi connectivity index (χ0) is 15.2. The standard InChI is InChI=1S/C17H28N2OS.ClH/c1-4-10-19(16-8-9-18-12-16)17(20)7-5-6-15-11-13(2)21-14(15)3;/h11,16,18H,4-10,12H2,1-3H3;1H. The molecule has 0 radical (unpaired) electrons. The molecule has 22 heavy (non-hydrogen) atoms. The highest BCUT2D eigenvalue weighted by Crippen LogP contribution is 2.22. The molecule has 1 N–H and O–H groups in total. The number of nitrogens with zero attached hydrogens (tertiary/aromatic N) is 1. The summed E-state index contributed by atoms with van der Waals surface area (Å²) in [5.74, 6) is 0.343. The molecule has 1 unspecified atom stereocenters. The van der Waals surface area contributed by atoms with Crippen LogP contribution in [0.4, 0.5) is 0 Å². The van der Waals surface area contributed by atoms with E-state index < -0.39 is 0 Å². The smallest absolute Gasteiger partial charge is 0.222 e. The van der Waals surface area contributed by atoms with E-state index in [0.29, 0.717) is 18.4 Å². The third-order valence-corrected chi connectivity index (χ3v) is 5.25. The number of amides is 1. The van der Waals surface area contributed by atoms with E-state index in [-0.39, 0.29) is 12.4 Å². The summed E-state index contributed by atoms with van der Waals surface area (Å²) in [6.07, 6.45) is 4.84. The Kier molecular flexibility index (Phi) is 8.44. The van der Waals surface area contributed by atoms with Gasteiger partial charge >= 0.3 is 0 Å². The molecule has 1 aliphatic rings. The molecule has 2 rings (SSSR count). The molecule has 0 aliphatic carbocycles. The third-order valence-electron chi connectivity index (χ3n) is 4.24. The maximum Gasteiger partial charge on any atom is 0.222 e. The molecule has 1 aromatic heterocycles. The summed E-state index contributed by atoms with van der Waals surface area (Å²) in [5.41, 5.74) is 1.43. The molecule has 126 valence electrons. The lowest BCUT2D eigenvalue weighted by Crippen LogP contribution is -2.42. The lowest BCUT2D eigenvalue weighted by molar-refractivity contribution is -0.133.